The van der Waals surface area contributed by atoms with Crippen molar-refractivity contribution in [2.24, 2.45) is 11.7 Å². The zero-order valence-corrected chi connectivity index (χ0v) is 16.0. The Hall–Kier alpha value is -1.59. The molecule has 1 aromatic rings. The average Bonchev–Trinajstić information content (AvgIpc) is 2.60. The molecule has 2 atom stereocenters. The van der Waals surface area contributed by atoms with Crippen LogP contribution in [0.3, 0.4) is 0 Å². The molecular weight excluding hydrogens is 338 g/mol. The molecule has 2 unspecified atom stereocenters. The van der Waals surface area contributed by atoms with Crippen LogP contribution < -0.4 is 11.1 Å². The molecule has 0 aromatic heterocycles. The smallest absolute Gasteiger partial charge is 0.246 e. The number of piperidine rings is 1. The van der Waals surface area contributed by atoms with E-state index in [1.54, 1.807) is 6.92 Å². The summed E-state index contributed by atoms with van der Waals surface area (Å²) in [7, 11) is 0. The Morgan fingerprint density at radius 1 is 1.32 bits per heavy atom. The van der Waals surface area contributed by atoms with Crippen molar-refractivity contribution in [3.05, 3.63) is 35.9 Å². The molecule has 6 heteroatoms. The van der Waals surface area contributed by atoms with Crippen LogP contribution in [0, 0.1) is 5.92 Å². The molecule has 2 amide bonds. The van der Waals surface area contributed by atoms with Gasteiger partial charge in [-0.25, -0.2) is 0 Å². The molecule has 25 heavy (non-hydrogen) atoms. The maximum atomic E-state index is 12.9. The van der Waals surface area contributed by atoms with Gasteiger partial charge < -0.3 is 16.0 Å². The van der Waals surface area contributed by atoms with E-state index in [9.17, 15) is 9.59 Å². The molecule has 0 aliphatic carbocycles. The minimum atomic E-state index is -1.02. The summed E-state index contributed by atoms with van der Waals surface area (Å²) in [6.07, 6.45) is 3.39. The first-order chi connectivity index (χ1) is 11.4. The van der Waals surface area contributed by atoms with Gasteiger partial charge in [0.2, 0.25) is 11.8 Å². The number of hydrogen-bond donors (Lipinski definition) is 2. The standard InChI is InChI=1S/C19H29N3O2.ClH/c1-3-8-17(23)21-13-15-9-7-12-22(14-15)18(24)19(2,20)16-10-5-4-6-11-16;/h4-6,10-11,15H,3,7-9,12-14,20H2,1-2H3,(H,21,23);1H. The predicted molar refractivity (Wildman–Crippen MR) is 102 cm³/mol. The summed E-state index contributed by atoms with van der Waals surface area (Å²) in [5.74, 6) is 0.349. The summed E-state index contributed by atoms with van der Waals surface area (Å²) >= 11 is 0. The Bertz CT molecular complexity index is 563. The average molecular weight is 368 g/mol. The highest BCUT2D eigenvalue weighted by Crippen LogP contribution is 2.24. The van der Waals surface area contributed by atoms with Crippen LogP contribution in [0.1, 0.15) is 45.1 Å². The van der Waals surface area contributed by atoms with Gasteiger partial charge in [0.15, 0.2) is 0 Å². The Balaban J connectivity index is 0.00000312. The number of rotatable bonds is 6. The molecule has 5 nitrogen and oxygen atoms in total. The highest BCUT2D eigenvalue weighted by Gasteiger charge is 2.36. The Kier molecular flexibility index (Phi) is 8.39. The van der Waals surface area contributed by atoms with Gasteiger partial charge in [0, 0.05) is 26.1 Å². The van der Waals surface area contributed by atoms with E-state index in [0.29, 0.717) is 25.4 Å². The van der Waals surface area contributed by atoms with Crippen molar-refractivity contribution in [2.75, 3.05) is 19.6 Å². The van der Waals surface area contributed by atoms with Crippen molar-refractivity contribution in [1.82, 2.24) is 10.2 Å². The van der Waals surface area contributed by atoms with Crippen LogP contribution in [-0.2, 0) is 15.1 Å². The van der Waals surface area contributed by atoms with E-state index in [1.165, 1.54) is 0 Å². The van der Waals surface area contributed by atoms with Gasteiger partial charge in [0.05, 0.1) is 0 Å². The van der Waals surface area contributed by atoms with Crippen LogP contribution in [0.2, 0.25) is 0 Å². The lowest BCUT2D eigenvalue weighted by Gasteiger charge is -2.37. The number of hydrogen-bond acceptors (Lipinski definition) is 3. The molecule has 1 aromatic carbocycles. The first-order valence-corrected chi connectivity index (χ1v) is 8.85. The highest BCUT2D eigenvalue weighted by atomic mass is 35.5. The van der Waals surface area contributed by atoms with E-state index in [1.807, 2.05) is 42.2 Å². The third-order valence-electron chi connectivity index (χ3n) is 4.69. The van der Waals surface area contributed by atoms with Gasteiger partial charge in [-0.1, -0.05) is 37.3 Å². The number of carbonyl (C=O) groups is 2. The molecule has 1 saturated heterocycles. The van der Waals surface area contributed by atoms with Gasteiger partial charge >= 0.3 is 0 Å². The second-order valence-corrected chi connectivity index (χ2v) is 6.88. The third-order valence-corrected chi connectivity index (χ3v) is 4.69. The zero-order valence-electron chi connectivity index (χ0n) is 15.2. The Morgan fingerprint density at radius 2 is 2.00 bits per heavy atom. The van der Waals surface area contributed by atoms with Gasteiger partial charge in [0.1, 0.15) is 5.54 Å². The molecule has 0 radical (unpaired) electrons. The molecule has 3 N–H and O–H groups in total. The largest absolute Gasteiger partial charge is 0.356 e. The molecule has 1 heterocycles. The quantitative estimate of drug-likeness (QED) is 0.810. The summed E-state index contributed by atoms with van der Waals surface area (Å²) in [5, 5.41) is 2.98. The van der Waals surface area contributed by atoms with Crippen LogP contribution in [-0.4, -0.2) is 36.3 Å². The number of halogens is 1. The van der Waals surface area contributed by atoms with Crippen LogP contribution in [0.25, 0.3) is 0 Å². The van der Waals surface area contributed by atoms with E-state index < -0.39 is 5.54 Å². The van der Waals surface area contributed by atoms with Crippen molar-refractivity contribution in [1.29, 1.82) is 0 Å². The Morgan fingerprint density at radius 3 is 2.64 bits per heavy atom. The summed E-state index contributed by atoms with van der Waals surface area (Å²) in [6, 6.07) is 9.50. The number of benzene rings is 1. The first-order valence-electron chi connectivity index (χ1n) is 8.85. The summed E-state index contributed by atoms with van der Waals surface area (Å²) < 4.78 is 0. The van der Waals surface area contributed by atoms with E-state index in [4.69, 9.17) is 5.73 Å². The van der Waals surface area contributed by atoms with Gasteiger partial charge in [0.25, 0.3) is 0 Å². The van der Waals surface area contributed by atoms with Gasteiger partial charge in [-0.3, -0.25) is 9.59 Å². The summed E-state index contributed by atoms with van der Waals surface area (Å²) in [5.41, 5.74) is 6.17. The minimum Gasteiger partial charge on any atom is -0.356 e. The van der Waals surface area contributed by atoms with Gasteiger partial charge in [-0.15, -0.1) is 12.4 Å². The molecule has 1 aliphatic rings. The minimum absolute atomic E-state index is 0. The summed E-state index contributed by atoms with van der Waals surface area (Å²) in [6.45, 7) is 5.79. The molecule has 0 spiro atoms. The van der Waals surface area contributed by atoms with Crippen LogP contribution in [0.4, 0.5) is 0 Å². The lowest BCUT2D eigenvalue weighted by atomic mass is 9.89. The number of nitrogens with one attached hydrogen (secondary N) is 1. The lowest BCUT2D eigenvalue weighted by Crippen LogP contribution is -2.54. The molecule has 1 aliphatic heterocycles. The summed E-state index contributed by atoms with van der Waals surface area (Å²) in [4.78, 5) is 26.4. The molecule has 1 fully saturated rings. The van der Waals surface area contributed by atoms with Crippen molar-refractivity contribution in [2.45, 2.75) is 45.1 Å². The lowest BCUT2D eigenvalue weighted by molar-refractivity contribution is -0.138. The molecule has 2 rings (SSSR count). The van der Waals surface area contributed by atoms with Crippen molar-refractivity contribution >= 4 is 24.2 Å². The topological polar surface area (TPSA) is 75.4 Å². The molecule has 0 bridgehead atoms. The van der Waals surface area contributed by atoms with Gasteiger partial charge in [-0.05, 0) is 37.7 Å². The predicted octanol–water partition coefficient (Wildman–Crippen LogP) is 2.44. The fraction of sp³-hybridized carbons (Fsp3) is 0.579. The van der Waals surface area contributed by atoms with Crippen molar-refractivity contribution in [3.63, 3.8) is 0 Å². The number of carbonyl (C=O) groups excluding carboxylic acids is 2. The van der Waals surface area contributed by atoms with Crippen LogP contribution in [0.5, 0.6) is 0 Å². The first kappa shape index (κ1) is 21.5. The number of nitrogens with two attached hydrogens (primary N) is 1. The second-order valence-electron chi connectivity index (χ2n) is 6.88. The number of likely N-dealkylation sites (tertiary alicyclic amines) is 1. The fourth-order valence-electron chi connectivity index (χ4n) is 3.23. The van der Waals surface area contributed by atoms with E-state index in [-0.39, 0.29) is 24.2 Å². The third kappa shape index (κ3) is 5.72. The maximum Gasteiger partial charge on any atom is 0.246 e. The molecular formula is C19H30ClN3O2. The molecule has 140 valence electrons. The van der Waals surface area contributed by atoms with E-state index >= 15 is 0 Å². The van der Waals surface area contributed by atoms with Crippen molar-refractivity contribution in [3.8, 4) is 0 Å². The van der Waals surface area contributed by atoms with E-state index in [2.05, 4.69) is 5.32 Å². The SMILES string of the molecule is CCCC(=O)NCC1CCCN(C(=O)C(C)(N)c2ccccc2)C1.Cl. The van der Waals surface area contributed by atoms with Gasteiger partial charge in [-0.2, -0.15) is 0 Å². The Labute approximate surface area is 156 Å². The van der Waals surface area contributed by atoms with E-state index in [0.717, 1.165) is 31.4 Å². The second kappa shape index (κ2) is 9.78. The molecule has 0 saturated carbocycles. The monoisotopic (exact) mass is 367 g/mol. The maximum absolute atomic E-state index is 12.9. The fourth-order valence-corrected chi connectivity index (χ4v) is 3.23. The van der Waals surface area contributed by atoms with Crippen LogP contribution >= 0.6 is 12.4 Å². The normalized spacial score (nSPS) is 19.5. The highest BCUT2D eigenvalue weighted by molar-refractivity contribution is 5.87. The number of nitrogens with zero attached hydrogens (tertiary/aromatic N) is 1. The van der Waals surface area contributed by atoms with Crippen molar-refractivity contribution < 1.29 is 9.59 Å². The van der Waals surface area contributed by atoms with Crippen LogP contribution in [0.15, 0.2) is 30.3 Å². The zero-order chi connectivity index (χ0) is 17.6. The number of amides is 2.